The molecule has 1 nitrogen and oxygen atoms in total. The molecule has 0 amide bonds. The second kappa shape index (κ2) is 15.9. The number of hydrogen-bond donors (Lipinski definition) is 0. The highest BCUT2D eigenvalue weighted by Gasteiger charge is 2.44. The zero-order chi connectivity index (χ0) is 41.3. The lowest BCUT2D eigenvalue weighted by molar-refractivity contribution is 0.751. The Hall–Kier alpha value is -8.00. The molecule has 0 N–H and O–H groups in total. The van der Waals surface area contributed by atoms with E-state index in [0.717, 1.165) is 28.2 Å². The van der Waals surface area contributed by atoms with E-state index in [4.69, 9.17) is 0 Å². The Kier molecular flexibility index (Phi) is 9.48. The van der Waals surface area contributed by atoms with Crippen LogP contribution in [0.4, 0.5) is 17.1 Å². The normalized spacial score (nSPS) is 12.3. The first-order chi connectivity index (χ1) is 30.8. The van der Waals surface area contributed by atoms with Crippen LogP contribution in [0.5, 0.6) is 0 Å². The fraction of sp³-hybridized carbons (Fsp3) is 0.0164. The highest BCUT2D eigenvalue weighted by Crippen LogP contribution is 2.55. The highest BCUT2D eigenvalue weighted by molar-refractivity contribution is 5.93. The lowest BCUT2D eigenvalue weighted by Crippen LogP contribution is -2.32. The number of anilines is 3. The number of hydrogen-bond acceptors (Lipinski definition) is 1. The maximum Gasteiger partial charge on any atom is 0.0714 e. The Morgan fingerprint density at radius 2 is 0.629 bits per heavy atom. The van der Waals surface area contributed by atoms with Crippen molar-refractivity contribution in [3.05, 3.63) is 283 Å². The Bertz CT molecular complexity index is 3030. The lowest BCUT2D eigenvalue weighted by Gasteiger charge is -2.39. The van der Waals surface area contributed by atoms with E-state index in [9.17, 15) is 0 Å². The van der Waals surface area contributed by atoms with Crippen molar-refractivity contribution in [1.29, 1.82) is 0 Å². The monoisotopic (exact) mass is 789 g/mol. The summed E-state index contributed by atoms with van der Waals surface area (Å²) >= 11 is 0. The first-order valence-corrected chi connectivity index (χ1v) is 21.4. The third kappa shape index (κ3) is 6.43. The van der Waals surface area contributed by atoms with Gasteiger partial charge >= 0.3 is 0 Å². The van der Waals surface area contributed by atoms with Crippen LogP contribution in [0.15, 0.2) is 261 Å². The molecule has 0 heterocycles. The van der Waals surface area contributed by atoms with E-state index < -0.39 is 5.41 Å². The third-order valence-corrected chi connectivity index (χ3v) is 12.5. The average Bonchev–Trinajstić information content (AvgIpc) is 3.47. The molecular formula is C61H43N. The third-order valence-electron chi connectivity index (χ3n) is 12.5. The minimum absolute atomic E-state index is 0.659. The largest absolute Gasteiger partial charge is 0.310 e. The summed E-state index contributed by atoms with van der Waals surface area (Å²) in [5.41, 5.74) is 19.5. The zero-order valence-electron chi connectivity index (χ0n) is 34.3. The summed E-state index contributed by atoms with van der Waals surface area (Å²) in [6, 6.07) is 95.6. The molecule has 0 radical (unpaired) electrons. The summed E-state index contributed by atoms with van der Waals surface area (Å²) in [7, 11) is 0. The maximum absolute atomic E-state index is 2.44. The van der Waals surface area contributed by atoms with Crippen molar-refractivity contribution >= 4 is 17.1 Å². The van der Waals surface area contributed by atoms with Gasteiger partial charge in [-0.3, -0.25) is 0 Å². The van der Waals surface area contributed by atoms with E-state index in [1.54, 1.807) is 0 Å². The molecular weight excluding hydrogens is 747 g/mol. The minimum atomic E-state index is -0.659. The molecule has 0 fully saturated rings. The Labute approximate surface area is 364 Å². The molecule has 10 aromatic rings. The van der Waals surface area contributed by atoms with Crippen LogP contribution in [0.25, 0.3) is 55.6 Å². The summed E-state index contributed by atoms with van der Waals surface area (Å²) in [5.74, 6) is 0. The Morgan fingerprint density at radius 1 is 0.226 bits per heavy atom. The fourth-order valence-corrected chi connectivity index (χ4v) is 9.76. The van der Waals surface area contributed by atoms with Crippen LogP contribution in [-0.4, -0.2) is 0 Å². The Balaban J connectivity index is 1.19. The molecule has 1 aliphatic carbocycles. The van der Waals surface area contributed by atoms with Crippen molar-refractivity contribution in [2.75, 3.05) is 4.90 Å². The van der Waals surface area contributed by atoms with Gasteiger partial charge in [0.05, 0.1) is 5.41 Å². The summed E-state index contributed by atoms with van der Waals surface area (Å²) in [6.45, 7) is 0. The first kappa shape index (κ1) is 37.0. The van der Waals surface area contributed by atoms with Gasteiger partial charge in [-0.25, -0.2) is 0 Å². The quantitative estimate of drug-likeness (QED) is 0.148. The number of benzene rings is 10. The van der Waals surface area contributed by atoms with Gasteiger partial charge in [-0.2, -0.15) is 0 Å². The number of rotatable bonds is 8. The van der Waals surface area contributed by atoms with Crippen LogP contribution in [0.1, 0.15) is 22.3 Å². The summed E-state index contributed by atoms with van der Waals surface area (Å²) < 4.78 is 0. The van der Waals surface area contributed by atoms with Crippen molar-refractivity contribution in [1.82, 2.24) is 0 Å². The molecule has 0 saturated carbocycles. The molecule has 1 heteroatoms. The van der Waals surface area contributed by atoms with Crippen LogP contribution in [0, 0.1) is 0 Å². The molecule has 62 heavy (non-hydrogen) atoms. The van der Waals surface area contributed by atoms with Crippen molar-refractivity contribution in [3.8, 4) is 55.6 Å². The molecule has 0 spiro atoms. The van der Waals surface area contributed by atoms with Crippen LogP contribution in [-0.2, 0) is 5.41 Å². The topological polar surface area (TPSA) is 3.24 Å². The second-order valence-electron chi connectivity index (χ2n) is 16.1. The summed E-state index contributed by atoms with van der Waals surface area (Å²) in [6.07, 6.45) is 0. The molecule has 0 saturated heterocycles. The summed E-state index contributed by atoms with van der Waals surface area (Å²) in [5, 5.41) is 0. The highest BCUT2D eigenvalue weighted by atomic mass is 15.1. The van der Waals surface area contributed by atoms with Gasteiger partial charge in [0.25, 0.3) is 0 Å². The summed E-state index contributed by atoms with van der Waals surface area (Å²) in [4.78, 5) is 2.44. The average molecular weight is 790 g/mol. The predicted octanol–water partition coefficient (Wildman–Crippen LogP) is 16.2. The molecule has 11 rings (SSSR count). The van der Waals surface area contributed by atoms with E-state index in [1.165, 1.54) is 66.8 Å². The van der Waals surface area contributed by atoms with Gasteiger partial charge in [0.2, 0.25) is 0 Å². The van der Waals surface area contributed by atoms with Crippen LogP contribution >= 0.6 is 0 Å². The molecule has 0 unspecified atom stereocenters. The van der Waals surface area contributed by atoms with E-state index in [1.807, 2.05) is 0 Å². The van der Waals surface area contributed by atoms with Crippen LogP contribution in [0.2, 0.25) is 0 Å². The van der Waals surface area contributed by atoms with Gasteiger partial charge in [-0.05, 0) is 120 Å². The van der Waals surface area contributed by atoms with Gasteiger partial charge in [0.1, 0.15) is 0 Å². The van der Waals surface area contributed by atoms with Gasteiger partial charge < -0.3 is 4.90 Å². The van der Waals surface area contributed by atoms with Crippen molar-refractivity contribution in [3.63, 3.8) is 0 Å². The minimum Gasteiger partial charge on any atom is -0.310 e. The molecule has 1 aliphatic rings. The smallest absolute Gasteiger partial charge is 0.0714 e. The van der Waals surface area contributed by atoms with E-state index in [-0.39, 0.29) is 0 Å². The van der Waals surface area contributed by atoms with E-state index in [2.05, 4.69) is 266 Å². The van der Waals surface area contributed by atoms with E-state index >= 15 is 0 Å². The van der Waals surface area contributed by atoms with Crippen molar-refractivity contribution in [2.45, 2.75) is 5.41 Å². The van der Waals surface area contributed by atoms with E-state index in [0.29, 0.717) is 0 Å². The molecule has 0 bridgehead atoms. The first-order valence-electron chi connectivity index (χ1n) is 21.4. The van der Waals surface area contributed by atoms with Gasteiger partial charge in [-0.1, -0.05) is 218 Å². The number of nitrogens with zero attached hydrogens (tertiary/aromatic N) is 1. The van der Waals surface area contributed by atoms with Gasteiger partial charge in [-0.15, -0.1) is 0 Å². The predicted molar refractivity (Wildman–Crippen MR) is 260 cm³/mol. The van der Waals surface area contributed by atoms with Gasteiger partial charge in [0, 0.05) is 17.1 Å². The maximum atomic E-state index is 2.44. The SMILES string of the molecule is c1ccc(-c2ccc(N(c3cc(-c4ccccc4)cc(-c4ccccc4)c3)c3cccc(C4(c5ccccc5)c5ccccc5-c5ccccc5-c5ccccc54)c3)cc2)cc1. The van der Waals surface area contributed by atoms with Crippen molar-refractivity contribution < 1.29 is 0 Å². The van der Waals surface area contributed by atoms with Crippen LogP contribution in [0.3, 0.4) is 0 Å². The standard InChI is InChI=1S/C61H43N/c1-5-20-44(21-6-1)47-36-38-52(39-37-47)62(54-41-48(45-22-7-2-8-23-45)40-49(42-54)46-24-9-3-10-25-46)53-29-19-28-51(43-53)61(50-26-11-4-12-27-50)59-34-17-15-32-57(59)55-30-13-14-31-56(55)58-33-16-18-35-60(58)61/h1-43H. The second-order valence-corrected chi connectivity index (χ2v) is 16.1. The molecule has 10 aromatic carbocycles. The molecule has 292 valence electrons. The Morgan fingerprint density at radius 3 is 1.15 bits per heavy atom. The molecule has 0 aliphatic heterocycles. The lowest BCUT2D eigenvalue weighted by atomic mass is 9.63. The van der Waals surface area contributed by atoms with Crippen LogP contribution < -0.4 is 4.90 Å². The molecule has 0 aromatic heterocycles. The fourth-order valence-electron chi connectivity index (χ4n) is 9.76. The van der Waals surface area contributed by atoms with Gasteiger partial charge in [0.15, 0.2) is 0 Å². The molecule has 0 atom stereocenters. The zero-order valence-corrected chi connectivity index (χ0v) is 34.3. The number of fused-ring (bicyclic) bond motifs is 5. The van der Waals surface area contributed by atoms with Crippen molar-refractivity contribution in [2.24, 2.45) is 0 Å².